The first-order valence-electron chi connectivity index (χ1n) is 7.78. The van der Waals surface area contributed by atoms with E-state index in [1.807, 2.05) is 13.8 Å². The highest BCUT2D eigenvalue weighted by Gasteiger charge is 2.43. The molecule has 22 heavy (non-hydrogen) atoms. The van der Waals surface area contributed by atoms with Gasteiger partial charge in [0.05, 0.1) is 12.2 Å². The second-order valence-electron chi connectivity index (χ2n) is 6.67. The van der Waals surface area contributed by atoms with Crippen LogP contribution in [0.3, 0.4) is 0 Å². The van der Waals surface area contributed by atoms with Crippen LogP contribution >= 0.6 is 0 Å². The SMILES string of the molecule is CC1CN(C(=O)CCCN2C(=O)NC(C)(C)C2=O)CC(C)O1. The summed E-state index contributed by atoms with van der Waals surface area (Å²) in [7, 11) is 0. The monoisotopic (exact) mass is 311 g/mol. The van der Waals surface area contributed by atoms with Crippen molar-refractivity contribution >= 4 is 17.8 Å². The summed E-state index contributed by atoms with van der Waals surface area (Å²) in [4.78, 5) is 39.0. The maximum atomic E-state index is 12.2. The van der Waals surface area contributed by atoms with Gasteiger partial charge in [-0.05, 0) is 34.1 Å². The fourth-order valence-corrected chi connectivity index (χ4v) is 2.95. The molecule has 0 aromatic heterocycles. The number of morpholine rings is 1. The molecule has 0 radical (unpaired) electrons. The number of imide groups is 1. The predicted molar refractivity (Wildman–Crippen MR) is 80.1 cm³/mol. The van der Waals surface area contributed by atoms with E-state index >= 15 is 0 Å². The van der Waals surface area contributed by atoms with E-state index in [-0.39, 0.29) is 36.6 Å². The van der Waals surface area contributed by atoms with Gasteiger partial charge in [-0.15, -0.1) is 0 Å². The zero-order valence-electron chi connectivity index (χ0n) is 13.7. The van der Waals surface area contributed by atoms with Gasteiger partial charge in [0, 0.05) is 26.1 Å². The second kappa shape index (κ2) is 6.24. The number of carbonyl (C=O) groups excluding carboxylic acids is 3. The second-order valence-corrected chi connectivity index (χ2v) is 6.67. The van der Waals surface area contributed by atoms with Gasteiger partial charge in [-0.3, -0.25) is 14.5 Å². The number of urea groups is 1. The molecule has 2 atom stereocenters. The molecule has 0 aromatic carbocycles. The number of amides is 4. The van der Waals surface area contributed by atoms with Crippen molar-refractivity contribution in [3.8, 4) is 0 Å². The number of rotatable bonds is 4. The van der Waals surface area contributed by atoms with Crippen LogP contribution in [0.1, 0.15) is 40.5 Å². The lowest BCUT2D eigenvalue weighted by molar-refractivity contribution is -0.143. The van der Waals surface area contributed by atoms with Crippen molar-refractivity contribution in [3.63, 3.8) is 0 Å². The van der Waals surface area contributed by atoms with Gasteiger partial charge in [-0.25, -0.2) is 4.79 Å². The Morgan fingerprint density at radius 3 is 2.36 bits per heavy atom. The summed E-state index contributed by atoms with van der Waals surface area (Å²) in [5, 5.41) is 2.63. The van der Waals surface area contributed by atoms with Gasteiger partial charge in [0.15, 0.2) is 0 Å². The molecule has 2 rings (SSSR count). The van der Waals surface area contributed by atoms with Crippen molar-refractivity contribution < 1.29 is 19.1 Å². The summed E-state index contributed by atoms with van der Waals surface area (Å²) in [6.07, 6.45) is 0.893. The molecule has 7 nitrogen and oxygen atoms in total. The lowest BCUT2D eigenvalue weighted by Gasteiger charge is -2.35. The van der Waals surface area contributed by atoms with Gasteiger partial charge in [-0.2, -0.15) is 0 Å². The van der Waals surface area contributed by atoms with E-state index in [0.29, 0.717) is 25.9 Å². The molecule has 2 saturated heterocycles. The number of nitrogens with zero attached hydrogens (tertiary/aromatic N) is 2. The van der Waals surface area contributed by atoms with Gasteiger partial charge < -0.3 is 15.0 Å². The Bertz CT molecular complexity index is 467. The predicted octanol–water partition coefficient (Wildman–Crippen LogP) is 0.733. The van der Waals surface area contributed by atoms with Gasteiger partial charge in [-0.1, -0.05) is 0 Å². The Labute approximate surface area is 131 Å². The molecule has 2 aliphatic heterocycles. The Morgan fingerprint density at radius 2 is 1.86 bits per heavy atom. The Kier molecular flexibility index (Phi) is 4.75. The molecule has 0 aromatic rings. The number of nitrogens with one attached hydrogen (secondary N) is 1. The maximum absolute atomic E-state index is 12.2. The average molecular weight is 311 g/mol. The molecule has 0 spiro atoms. The minimum Gasteiger partial charge on any atom is -0.372 e. The molecule has 2 fully saturated rings. The third-order valence-electron chi connectivity index (χ3n) is 3.99. The van der Waals surface area contributed by atoms with Gasteiger partial charge in [0.1, 0.15) is 5.54 Å². The highest BCUT2D eigenvalue weighted by molar-refractivity contribution is 6.06. The van der Waals surface area contributed by atoms with Crippen molar-refractivity contribution in [3.05, 3.63) is 0 Å². The average Bonchev–Trinajstić information content (AvgIpc) is 2.59. The number of hydrogen-bond donors (Lipinski definition) is 1. The Hall–Kier alpha value is -1.63. The molecule has 2 aliphatic rings. The normalized spacial score (nSPS) is 28.0. The van der Waals surface area contributed by atoms with Gasteiger partial charge >= 0.3 is 6.03 Å². The lowest BCUT2D eigenvalue weighted by atomic mass is 10.1. The van der Waals surface area contributed by atoms with E-state index < -0.39 is 5.54 Å². The minimum atomic E-state index is -0.851. The summed E-state index contributed by atoms with van der Waals surface area (Å²) in [5.74, 6) is -0.188. The van der Waals surface area contributed by atoms with Crippen LogP contribution in [0.25, 0.3) is 0 Å². The molecule has 1 N–H and O–H groups in total. The minimum absolute atomic E-state index is 0.0411. The summed E-state index contributed by atoms with van der Waals surface area (Å²) in [6, 6.07) is -0.379. The summed E-state index contributed by atoms with van der Waals surface area (Å²) < 4.78 is 5.60. The first-order chi connectivity index (χ1) is 10.2. The van der Waals surface area contributed by atoms with Crippen molar-refractivity contribution in [1.29, 1.82) is 0 Å². The van der Waals surface area contributed by atoms with Crippen LogP contribution in [-0.2, 0) is 14.3 Å². The molecular formula is C15H25N3O4. The molecule has 7 heteroatoms. The van der Waals surface area contributed by atoms with Crippen LogP contribution in [0.2, 0.25) is 0 Å². The standard InChI is InChI=1S/C15H25N3O4/c1-10-8-17(9-11(2)22-10)12(19)6-5-7-18-13(20)15(3,4)16-14(18)21/h10-11H,5-9H2,1-4H3,(H,16,21). The van der Waals surface area contributed by atoms with Crippen molar-refractivity contribution in [2.24, 2.45) is 0 Å². The quantitative estimate of drug-likeness (QED) is 0.777. The number of carbonyl (C=O) groups is 3. The highest BCUT2D eigenvalue weighted by Crippen LogP contribution is 2.18. The van der Waals surface area contributed by atoms with Crippen molar-refractivity contribution in [2.75, 3.05) is 19.6 Å². The van der Waals surface area contributed by atoms with E-state index in [4.69, 9.17) is 4.74 Å². The van der Waals surface area contributed by atoms with Gasteiger partial charge in [0.2, 0.25) is 5.91 Å². The van der Waals surface area contributed by atoms with E-state index in [1.165, 1.54) is 4.90 Å². The smallest absolute Gasteiger partial charge is 0.325 e. The molecule has 0 saturated carbocycles. The third kappa shape index (κ3) is 3.58. The van der Waals surface area contributed by atoms with Crippen LogP contribution in [0.5, 0.6) is 0 Å². The first-order valence-corrected chi connectivity index (χ1v) is 7.78. The van der Waals surface area contributed by atoms with Crippen molar-refractivity contribution in [2.45, 2.75) is 58.3 Å². The van der Waals surface area contributed by atoms with Crippen LogP contribution in [-0.4, -0.2) is 65.0 Å². The lowest BCUT2D eigenvalue weighted by Crippen LogP contribution is -2.48. The number of hydrogen-bond acceptors (Lipinski definition) is 4. The molecule has 2 unspecified atom stereocenters. The van der Waals surface area contributed by atoms with E-state index in [2.05, 4.69) is 5.32 Å². The van der Waals surface area contributed by atoms with Crippen LogP contribution < -0.4 is 5.32 Å². The highest BCUT2D eigenvalue weighted by atomic mass is 16.5. The fraction of sp³-hybridized carbons (Fsp3) is 0.800. The fourth-order valence-electron chi connectivity index (χ4n) is 2.95. The Morgan fingerprint density at radius 1 is 1.27 bits per heavy atom. The maximum Gasteiger partial charge on any atom is 0.325 e. The largest absolute Gasteiger partial charge is 0.372 e. The molecule has 0 bridgehead atoms. The molecule has 0 aliphatic carbocycles. The number of ether oxygens (including phenoxy) is 1. The Balaban J connectivity index is 1.80. The zero-order valence-corrected chi connectivity index (χ0v) is 13.7. The zero-order chi connectivity index (χ0) is 16.5. The van der Waals surface area contributed by atoms with Gasteiger partial charge in [0.25, 0.3) is 5.91 Å². The topological polar surface area (TPSA) is 79.0 Å². The summed E-state index contributed by atoms with van der Waals surface area (Å²) in [6.45, 7) is 8.72. The first kappa shape index (κ1) is 16.7. The summed E-state index contributed by atoms with van der Waals surface area (Å²) in [5.41, 5.74) is -0.851. The third-order valence-corrected chi connectivity index (χ3v) is 3.99. The van der Waals surface area contributed by atoms with Crippen molar-refractivity contribution in [1.82, 2.24) is 15.1 Å². The molecule has 124 valence electrons. The van der Waals surface area contributed by atoms with E-state index in [9.17, 15) is 14.4 Å². The van der Waals surface area contributed by atoms with E-state index in [0.717, 1.165) is 0 Å². The van der Waals surface area contributed by atoms with E-state index in [1.54, 1.807) is 18.7 Å². The van der Waals surface area contributed by atoms with Crippen LogP contribution in [0.4, 0.5) is 4.79 Å². The van der Waals surface area contributed by atoms with Crippen LogP contribution in [0.15, 0.2) is 0 Å². The van der Waals surface area contributed by atoms with Crippen LogP contribution in [0, 0.1) is 0 Å². The molecule has 4 amide bonds. The molecule has 2 heterocycles. The molecular weight excluding hydrogens is 286 g/mol. The summed E-state index contributed by atoms with van der Waals surface area (Å²) >= 11 is 0.